The van der Waals surface area contributed by atoms with E-state index in [1.54, 1.807) is 4.90 Å². The summed E-state index contributed by atoms with van der Waals surface area (Å²) in [6.07, 6.45) is -0.680. The molecular formula is C16H19NO3S. The van der Waals surface area contributed by atoms with E-state index in [-0.39, 0.29) is 19.1 Å². The minimum Gasteiger partial charge on any atom is -0.387 e. The highest BCUT2D eigenvalue weighted by atomic mass is 32.1. The van der Waals surface area contributed by atoms with Gasteiger partial charge in [0.05, 0.1) is 12.6 Å². The number of hydrogen-bond donors (Lipinski definition) is 1. The van der Waals surface area contributed by atoms with Crippen molar-refractivity contribution in [1.29, 1.82) is 0 Å². The highest BCUT2D eigenvalue weighted by Gasteiger charge is 2.19. The fourth-order valence-electron chi connectivity index (χ4n) is 2.05. The molecule has 1 atom stereocenters. The molecule has 0 radical (unpaired) electrons. The molecule has 1 heterocycles. The number of thiophene rings is 1. The van der Waals surface area contributed by atoms with Gasteiger partial charge in [-0.25, -0.2) is 0 Å². The van der Waals surface area contributed by atoms with Gasteiger partial charge in [-0.1, -0.05) is 30.3 Å². The Kier molecular flexibility index (Phi) is 5.92. The van der Waals surface area contributed by atoms with Crippen LogP contribution in [0, 0.1) is 0 Å². The molecule has 0 aliphatic carbocycles. The zero-order valence-electron chi connectivity index (χ0n) is 11.9. The largest absolute Gasteiger partial charge is 0.387 e. The smallest absolute Gasteiger partial charge is 0.248 e. The number of methoxy groups -OCH3 is 1. The number of aliphatic hydroxyl groups is 1. The van der Waals surface area contributed by atoms with E-state index < -0.39 is 6.10 Å². The highest BCUT2D eigenvalue weighted by Crippen LogP contribution is 2.18. The molecule has 0 aliphatic rings. The molecule has 1 aromatic carbocycles. The quantitative estimate of drug-likeness (QED) is 0.855. The van der Waals surface area contributed by atoms with Crippen molar-refractivity contribution >= 4 is 17.2 Å². The van der Waals surface area contributed by atoms with Crippen LogP contribution in [0.25, 0.3) is 0 Å². The molecule has 4 nitrogen and oxygen atoms in total. The van der Waals surface area contributed by atoms with E-state index in [1.807, 2.05) is 47.2 Å². The number of benzene rings is 1. The first-order valence-electron chi connectivity index (χ1n) is 6.71. The van der Waals surface area contributed by atoms with Gasteiger partial charge in [0.1, 0.15) is 6.61 Å². The highest BCUT2D eigenvalue weighted by molar-refractivity contribution is 7.07. The molecule has 0 aliphatic heterocycles. The number of rotatable bonds is 7. The summed E-state index contributed by atoms with van der Waals surface area (Å²) < 4.78 is 4.92. The van der Waals surface area contributed by atoms with Crippen molar-refractivity contribution in [2.45, 2.75) is 12.6 Å². The number of amides is 1. The van der Waals surface area contributed by atoms with Crippen LogP contribution in [0.4, 0.5) is 0 Å². The lowest BCUT2D eigenvalue weighted by Crippen LogP contribution is -2.36. The van der Waals surface area contributed by atoms with Crippen LogP contribution >= 0.6 is 11.3 Å². The third-order valence-electron chi connectivity index (χ3n) is 3.16. The summed E-state index contributed by atoms with van der Waals surface area (Å²) >= 11 is 1.53. The topological polar surface area (TPSA) is 49.8 Å². The molecule has 2 rings (SSSR count). The molecular weight excluding hydrogens is 286 g/mol. The second-order valence-electron chi connectivity index (χ2n) is 4.77. The minimum absolute atomic E-state index is 0.0171. The monoisotopic (exact) mass is 305 g/mol. The molecule has 2 aromatic rings. The molecule has 5 heteroatoms. The molecule has 0 bridgehead atoms. The average Bonchev–Trinajstić information content (AvgIpc) is 3.02. The third kappa shape index (κ3) is 4.67. The van der Waals surface area contributed by atoms with Gasteiger partial charge in [0, 0.05) is 13.7 Å². The lowest BCUT2D eigenvalue weighted by Gasteiger charge is -2.25. The van der Waals surface area contributed by atoms with E-state index in [0.29, 0.717) is 6.54 Å². The van der Waals surface area contributed by atoms with Crippen molar-refractivity contribution in [3.63, 3.8) is 0 Å². The van der Waals surface area contributed by atoms with Gasteiger partial charge in [0.15, 0.2) is 0 Å². The van der Waals surface area contributed by atoms with Crippen molar-refractivity contribution in [1.82, 2.24) is 4.90 Å². The molecule has 112 valence electrons. The average molecular weight is 305 g/mol. The van der Waals surface area contributed by atoms with Crippen LogP contribution in [0.3, 0.4) is 0 Å². The molecule has 21 heavy (non-hydrogen) atoms. The van der Waals surface area contributed by atoms with Crippen LogP contribution in [-0.4, -0.2) is 36.2 Å². The predicted molar refractivity (Wildman–Crippen MR) is 83.0 cm³/mol. The van der Waals surface area contributed by atoms with Gasteiger partial charge < -0.3 is 14.7 Å². The Balaban J connectivity index is 2.06. The first kappa shape index (κ1) is 15.7. The maximum absolute atomic E-state index is 12.1. The van der Waals surface area contributed by atoms with E-state index in [4.69, 9.17) is 4.74 Å². The minimum atomic E-state index is -0.680. The molecule has 0 saturated heterocycles. The van der Waals surface area contributed by atoms with Gasteiger partial charge in [-0.15, -0.1) is 0 Å². The summed E-state index contributed by atoms with van der Waals surface area (Å²) in [4.78, 5) is 13.8. The number of ether oxygens (including phenoxy) is 1. The Bertz CT molecular complexity index is 542. The Morgan fingerprint density at radius 1 is 1.33 bits per heavy atom. The van der Waals surface area contributed by atoms with Crippen LogP contribution in [-0.2, 0) is 16.1 Å². The van der Waals surface area contributed by atoms with Crippen LogP contribution in [0.15, 0.2) is 47.2 Å². The van der Waals surface area contributed by atoms with Gasteiger partial charge in [-0.2, -0.15) is 11.3 Å². The first-order chi connectivity index (χ1) is 10.2. The summed E-state index contributed by atoms with van der Waals surface area (Å²) in [5.41, 5.74) is 1.86. The Labute approximate surface area is 128 Å². The standard InChI is InChI=1S/C16H19NO3S/c1-20-11-16(19)17(9-13-5-3-2-4-6-13)10-15(18)14-7-8-21-12-14/h2-8,12,15,18H,9-11H2,1H3. The maximum atomic E-state index is 12.1. The maximum Gasteiger partial charge on any atom is 0.248 e. The fourth-order valence-corrected chi connectivity index (χ4v) is 2.76. The molecule has 0 fully saturated rings. The number of carbonyl (C=O) groups is 1. The van der Waals surface area contributed by atoms with Gasteiger partial charge in [-0.3, -0.25) is 4.79 Å². The second kappa shape index (κ2) is 7.93. The molecule has 1 unspecified atom stereocenters. The Hall–Kier alpha value is -1.69. The van der Waals surface area contributed by atoms with Crippen LogP contribution in [0.5, 0.6) is 0 Å². The summed E-state index contributed by atoms with van der Waals surface area (Å²) in [7, 11) is 1.49. The second-order valence-corrected chi connectivity index (χ2v) is 5.55. The van der Waals surface area contributed by atoms with Crippen molar-refractivity contribution in [2.24, 2.45) is 0 Å². The van der Waals surface area contributed by atoms with E-state index in [9.17, 15) is 9.90 Å². The molecule has 1 amide bonds. The molecule has 1 aromatic heterocycles. The van der Waals surface area contributed by atoms with Gasteiger partial charge in [0.2, 0.25) is 5.91 Å². The van der Waals surface area contributed by atoms with Crippen molar-refractivity contribution < 1.29 is 14.6 Å². The van der Waals surface area contributed by atoms with Crippen molar-refractivity contribution in [2.75, 3.05) is 20.3 Å². The fraction of sp³-hybridized carbons (Fsp3) is 0.312. The van der Waals surface area contributed by atoms with E-state index in [1.165, 1.54) is 18.4 Å². The van der Waals surface area contributed by atoms with Crippen LogP contribution < -0.4 is 0 Å². The van der Waals surface area contributed by atoms with Crippen LogP contribution in [0.2, 0.25) is 0 Å². The van der Waals surface area contributed by atoms with Gasteiger partial charge in [-0.05, 0) is 28.0 Å². The normalized spacial score (nSPS) is 12.1. The first-order valence-corrected chi connectivity index (χ1v) is 7.65. The van der Waals surface area contributed by atoms with Gasteiger partial charge >= 0.3 is 0 Å². The number of aliphatic hydroxyl groups excluding tert-OH is 1. The predicted octanol–water partition coefficient (Wildman–Crippen LogP) is 2.46. The Morgan fingerprint density at radius 2 is 2.10 bits per heavy atom. The number of carbonyl (C=O) groups excluding carboxylic acids is 1. The third-order valence-corrected chi connectivity index (χ3v) is 3.86. The summed E-state index contributed by atoms with van der Waals surface area (Å²) in [5.74, 6) is -0.129. The summed E-state index contributed by atoms with van der Waals surface area (Å²) in [5, 5.41) is 14.1. The van der Waals surface area contributed by atoms with E-state index in [2.05, 4.69) is 0 Å². The number of nitrogens with zero attached hydrogens (tertiary/aromatic N) is 1. The summed E-state index contributed by atoms with van der Waals surface area (Å²) in [6, 6.07) is 11.6. The van der Waals surface area contributed by atoms with E-state index in [0.717, 1.165) is 11.1 Å². The zero-order chi connectivity index (χ0) is 15.1. The zero-order valence-corrected chi connectivity index (χ0v) is 12.8. The van der Waals surface area contributed by atoms with Crippen molar-refractivity contribution in [3.05, 3.63) is 58.3 Å². The van der Waals surface area contributed by atoms with Gasteiger partial charge in [0.25, 0.3) is 0 Å². The molecule has 0 spiro atoms. The Morgan fingerprint density at radius 3 is 2.71 bits per heavy atom. The molecule has 1 N–H and O–H groups in total. The lowest BCUT2D eigenvalue weighted by atomic mass is 10.1. The SMILES string of the molecule is COCC(=O)N(Cc1ccccc1)CC(O)c1ccsc1. The summed E-state index contributed by atoms with van der Waals surface area (Å²) in [6.45, 7) is 0.737. The molecule has 0 saturated carbocycles. The van der Waals surface area contributed by atoms with E-state index >= 15 is 0 Å². The van der Waals surface area contributed by atoms with Crippen LogP contribution in [0.1, 0.15) is 17.2 Å². The number of hydrogen-bond acceptors (Lipinski definition) is 4. The van der Waals surface area contributed by atoms with Crippen molar-refractivity contribution in [3.8, 4) is 0 Å². The lowest BCUT2D eigenvalue weighted by molar-refractivity contribution is -0.137.